The predicted octanol–water partition coefficient (Wildman–Crippen LogP) is 1.62. The summed E-state index contributed by atoms with van der Waals surface area (Å²) in [5.74, 6) is -2.08. The van der Waals surface area contributed by atoms with Gasteiger partial charge in [0.05, 0.1) is 0 Å². The van der Waals surface area contributed by atoms with Gasteiger partial charge in [-0.1, -0.05) is 0 Å². The van der Waals surface area contributed by atoms with Gasteiger partial charge in [-0.3, -0.25) is 0 Å². The number of nitrogens with one attached hydrogen (secondary N) is 2. The second-order valence-electron chi connectivity index (χ2n) is 6.44. The van der Waals surface area contributed by atoms with Crippen LogP contribution >= 0.6 is 43.0 Å². The fourth-order valence-electron chi connectivity index (χ4n) is 3.60. The molecule has 0 aromatic heterocycles. The number of rotatable bonds is 4. The molecule has 4 fully saturated rings. The molecule has 2 aliphatic heterocycles. The molecule has 0 radical (unpaired) electrons. The molecule has 20 heavy (non-hydrogen) atoms. The minimum absolute atomic E-state index is 0.109. The van der Waals surface area contributed by atoms with Crippen molar-refractivity contribution in [3.8, 4) is 0 Å². The fourth-order valence-corrected chi connectivity index (χ4v) is 11.4. The molecule has 5 nitrogen and oxygen atoms in total. The van der Waals surface area contributed by atoms with Crippen molar-refractivity contribution in [2.24, 2.45) is 17.8 Å². The Morgan fingerprint density at radius 3 is 2.70 bits per heavy atom. The third kappa shape index (κ3) is 1.90. The number of fused-ring (bicyclic) bond motifs is 3. The van der Waals surface area contributed by atoms with Crippen LogP contribution in [0.4, 0.5) is 4.39 Å². The summed E-state index contributed by atoms with van der Waals surface area (Å²) in [5, 5.41) is 9.54. The second-order valence-corrected chi connectivity index (χ2v) is 12.9. The number of hydrogen-bond acceptors (Lipinski definition) is 5. The van der Waals surface area contributed by atoms with E-state index in [9.17, 15) is 14.3 Å². The summed E-state index contributed by atoms with van der Waals surface area (Å²) in [7, 11) is 0. The van der Waals surface area contributed by atoms with Gasteiger partial charge >= 0.3 is 139 Å². The van der Waals surface area contributed by atoms with Gasteiger partial charge in [0.15, 0.2) is 0 Å². The summed E-state index contributed by atoms with van der Waals surface area (Å²) in [6, 6.07) is 0. The van der Waals surface area contributed by atoms with E-state index in [2.05, 4.69) is 29.7 Å². The van der Waals surface area contributed by atoms with Crippen LogP contribution < -0.4 is 7.06 Å². The van der Waals surface area contributed by atoms with Crippen LogP contribution in [0.15, 0.2) is 0 Å². The van der Waals surface area contributed by atoms with Gasteiger partial charge in [0, 0.05) is 0 Å². The van der Waals surface area contributed by atoms with E-state index in [4.69, 9.17) is 4.74 Å². The molecular weight excluding hydrogens is 493 g/mol. The van der Waals surface area contributed by atoms with Gasteiger partial charge in [-0.15, -0.1) is 0 Å². The van der Waals surface area contributed by atoms with Crippen LogP contribution in [0.1, 0.15) is 26.2 Å². The molecule has 5 unspecified atom stereocenters. The zero-order valence-corrected chi connectivity index (χ0v) is 15.3. The molecule has 0 spiro atoms. The monoisotopic (exact) mass is 510 g/mol. The average molecular weight is 510 g/mol. The van der Waals surface area contributed by atoms with Crippen LogP contribution in [-0.4, -0.2) is 30.6 Å². The van der Waals surface area contributed by atoms with Crippen molar-refractivity contribution in [2.75, 3.05) is 6.61 Å². The Balaban J connectivity index is 1.33. The first-order valence-corrected chi connectivity index (χ1v) is 11.1. The van der Waals surface area contributed by atoms with Gasteiger partial charge < -0.3 is 0 Å². The van der Waals surface area contributed by atoms with Gasteiger partial charge in [-0.2, -0.15) is 0 Å². The third-order valence-electron chi connectivity index (χ3n) is 5.14. The van der Waals surface area contributed by atoms with Gasteiger partial charge in [0.1, 0.15) is 0 Å². The van der Waals surface area contributed by atoms with Crippen LogP contribution in [0.25, 0.3) is 0 Å². The molecule has 2 heterocycles. The molecule has 114 valence electrons. The molecule has 4 aliphatic rings. The Bertz CT molecular complexity index is 481. The van der Waals surface area contributed by atoms with Gasteiger partial charge in [-0.25, -0.2) is 0 Å². The Kier molecular flexibility index (Phi) is 2.99. The summed E-state index contributed by atoms with van der Waals surface area (Å²) in [5.41, 5.74) is 0. The van der Waals surface area contributed by atoms with Crippen molar-refractivity contribution >= 4 is 48.9 Å². The van der Waals surface area contributed by atoms with Crippen LogP contribution in [-0.2, 0) is 9.53 Å². The van der Waals surface area contributed by atoms with E-state index in [1.54, 1.807) is 0 Å². The van der Waals surface area contributed by atoms with Gasteiger partial charge in [0.25, 0.3) is 0 Å². The first-order chi connectivity index (χ1) is 9.26. The molecule has 5 atom stereocenters. The minimum atomic E-state index is -1.99. The number of esters is 1. The van der Waals surface area contributed by atoms with E-state index in [1.165, 1.54) is 0 Å². The van der Waals surface area contributed by atoms with E-state index in [1.807, 2.05) is 6.92 Å². The number of carbonyl (C=O) groups is 1. The number of alkyl halides is 3. The fraction of sp³-hybridized carbons (Fsp3) is 0.917. The van der Waals surface area contributed by atoms with Crippen molar-refractivity contribution in [3.05, 3.63) is 0 Å². The standard InChI is InChI=1S/C12H17FI2N2O3/c1-10(14,12-15(16-12)17-12)9(18)20-5-7-3-8-2-6(7)4-11(8,13)19/h6-8,16-17,19H,2-5H2,1H3. The average Bonchev–Trinajstić information content (AvgIpc) is 3.14. The molecule has 2 bridgehead atoms. The van der Waals surface area contributed by atoms with E-state index < -0.39 is 29.6 Å². The Hall–Kier alpha value is 0.740. The maximum absolute atomic E-state index is 13.7. The number of aliphatic hydroxyl groups is 1. The van der Waals surface area contributed by atoms with E-state index in [0.717, 1.165) is 6.42 Å². The first kappa shape index (κ1) is 14.3. The number of ether oxygens (including phenoxy) is 1. The van der Waals surface area contributed by atoms with Crippen LogP contribution in [0.3, 0.4) is 0 Å². The zero-order valence-electron chi connectivity index (χ0n) is 11.0. The topological polar surface area (TPSA) is 90.4 Å². The molecule has 0 aromatic carbocycles. The normalized spacial score (nSPS) is 47.6. The second kappa shape index (κ2) is 4.18. The van der Waals surface area contributed by atoms with Gasteiger partial charge in [0.2, 0.25) is 0 Å². The maximum atomic E-state index is 13.7. The van der Waals surface area contributed by atoms with Crippen molar-refractivity contribution in [3.63, 3.8) is 0 Å². The quantitative estimate of drug-likeness (QED) is 0.134. The number of halogens is 3. The Labute approximate surface area is 138 Å². The van der Waals surface area contributed by atoms with Gasteiger partial charge in [-0.05, 0) is 0 Å². The van der Waals surface area contributed by atoms with Crippen molar-refractivity contribution in [1.29, 1.82) is 0 Å². The molecule has 4 rings (SSSR count). The summed E-state index contributed by atoms with van der Waals surface area (Å²) in [4.78, 5) is 12.3. The Morgan fingerprint density at radius 2 is 2.25 bits per heavy atom. The first-order valence-electron chi connectivity index (χ1n) is 6.79. The molecule has 0 amide bonds. The Morgan fingerprint density at radius 1 is 1.60 bits per heavy atom. The SMILES string of the molecule is CC(I)(C(=O)OCC1CC2CC1CC2(O)F)C12NI1N2. The van der Waals surface area contributed by atoms with Crippen LogP contribution in [0.5, 0.6) is 0 Å². The van der Waals surface area contributed by atoms with E-state index in [-0.39, 0.29) is 33.8 Å². The van der Waals surface area contributed by atoms with Crippen molar-refractivity contribution in [2.45, 2.75) is 39.1 Å². The summed E-state index contributed by atoms with van der Waals surface area (Å²) >= 11 is 0.995. The summed E-state index contributed by atoms with van der Waals surface area (Å²) < 4.78 is 25.2. The molecule has 0 aromatic rings. The zero-order chi connectivity index (χ0) is 14.3. The van der Waals surface area contributed by atoms with Crippen LogP contribution in [0, 0.1) is 17.8 Å². The molecule has 8 heteroatoms. The summed E-state index contributed by atoms with van der Waals surface area (Å²) in [6.07, 6.45) is 1.55. The van der Waals surface area contributed by atoms with Crippen molar-refractivity contribution < 1.29 is 19.0 Å². The van der Waals surface area contributed by atoms with Crippen LogP contribution in [0.2, 0.25) is 0 Å². The van der Waals surface area contributed by atoms with E-state index >= 15 is 0 Å². The molecule has 2 saturated heterocycles. The molecule has 3 N–H and O–H groups in total. The number of hydrogen-bond donors (Lipinski definition) is 3. The third-order valence-corrected chi connectivity index (χ3v) is 12.3. The van der Waals surface area contributed by atoms with E-state index in [0.29, 0.717) is 13.0 Å². The summed E-state index contributed by atoms with van der Waals surface area (Å²) in [6.45, 7) is 2.26. The predicted molar refractivity (Wildman–Crippen MR) is 86.8 cm³/mol. The molecular formula is C12H17FI2N2O3. The van der Waals surface area contributed by atoms with Crippen molar-refractivity contribution in [1.82, 2.24) is 7.06 Å². The molecule has 2 saturated carbocycles. The number of carbonyl (C=O) groups excluding carboxylic acids is 1. The molecule has 2 aliphatic carbocycles.